The highest BCUT2D eigenvalue weighted by atomic mass is 127. The predicted molar refractivity (Wildman–Crippen MR) is 103 cm³/mol. The lowest BCUT2D eigenvalue weighted by Gasteiger charge is -2.10. The molecule has 1 aromatic heterocycles. The van der Waals surface area contributed by atoms with Gasteiger partial charge in [0.25, 0.3) is 0 Å². The smallest absolute Gasteiger partial charge is 0.191 e. The van der Waals surface area contributed by atoms with Crippen LogP contribution in [0.1, 0.15) is 35.9 Å². The maximum atomic E-state index is 5.04. The summed E-state index contributed by atoms with van der Waals surface area (Å²) in [5, 5.41) is 6.66. The van der Waals surface area contributed by atoms with Crippen molar-refractivity contribution in [3.8, 4) is 0 Å². The van der Waals surface area contributed by atoms with Crippen LogP contribution in [-0.2, 0) is 11.3 Å². The monoisotopic (exact) mass is 425 g/mol. The lowest BCUT2D eigenvalue weighted by atomic mass is 10.2. The van der Waals surface area contributed by atoms with Gasteiger partial charge in [-0.2, -0.15) is 0 Å². The van der Waals surface area contributed by atoms with Gasteiger partial charge in [0, 0.05) is 36.6 Å². The maximum absolute atomic E-state index is 5.04. The maximum Gasteiger partial charge on any atom is 0.191 e. The molecule has 1 rings (SSSR count). The Labute approximate surface area is 149 Å². The highest BCUT2D eigenvalue weighted by Crippen LogP contribution is 2.15. The SMILES string of the molecule is CCNC(=NCc1ccc(C)s1)NCCCCCOC.I. The largest absolute Gasteiger partial charge is 0.385 e. The zero-order valence-electron chi connectivity index (χ0n) is 13.3. The van der Waals surface area contributed by atoms with Gasteiger partial charge in [-0.15, -0.1) is 35.3 Å². The number of rotatable bonds is 9. The lowest BCUT2D eigenvalue weighted by molar-refractivity contribution is 0.192. The molecule has 4 nitrogen and oxygen atoms in total. The van der Waals surface area contributed by atoms with Crippen LogP contribution in [0.3, 0.4) is 0 Å². The van der Waals surface area contributed by atoms with E-state index in [1.165, 1.54) is 16.2 Å². The molecule has 122 valence electrons. The molecule has 21 heavy (non-hydrogen) atoms. The molecule has 2 N–H and O–H groups in total. The summed E-state index contributed by atoms with van der Waals surface area (Å²) < 4.78 is 5.04. The Balaban J connectivity index is 0.00000400. The van der Waals surface area contributed by atoms with Crippen LogP contribution in [-0.4, -0.2) is 32.8 Å². The summed E-state index contributed by atoms with van der Waals surface area (Å²) in [6.07, 6.45) is 3.45. The van der Waals surface area contributed by atoms with Crippen molar-refractivity contribution in [3.05, 3.63) is 21.9 Å². The minimum absolute atomic E-state index is 0. The summed E-state index contributed by atoms with van der Waals surface area (Å²) in [4.78, 5) is 7.26. The summed E-state index contributed by atoms with van der Waals surface area (Å²) in [7, 11) is 1.75. The second-order valence-corrected chi connectivity index (χ2v) is 6.06. The molecule has 6 heteroatoms. The van der Waals surface area contributed by atoms with Gasteiger partial charge in [-0.3, -0.25) is 0 Å². The molecule has 0 aliphatic rings. The van der Waals surface area contributed by atoms with Gasteiger partial charge in [0.2, 0.25) is 0 Å². The number of aliphatic imine (C=N–C) groups is 1. The molecule has 0 aliphatic carbocycles. The number of aryl methyl sites for hydroxylation is 1. The van der Waals surface area contributed by atoms with Crippen LogP contribution < -0.4 is 10.6 Å². The fourth-order valence-corrected chi connectivity index (χ4v) is 2.64. The molecule has 0 aliphatic heterocycles. The number of thiophene rings is 1. The predicted octanol–water partition coefficient (Wildman–Crippen LogP) is 3.55. The number of unbranched alkanes of at least 4 members (excludes halogenated alkanes) is 2. The van der Waals surface area contributed by atoms with Gasteiger partial charge in [-0.05, 0) is 45.2 Å². The zero-order chi connectivity index (χ0) is 14.6. The Morgan fingerprint density at radius 2 is 2.05 bits per heavy atom. The normalized spacial score (nSPS) is 11.1. The fraction of sp³-hybridized carbons (Fsp3) is 0.667. The summed E-state index contributed by atoms with van der Waals surface area (Å²) in [5.41, 5.74) is 0. The quantitative estimate of drug-likeness (QED) is 0.275. The van der Waals surface area contributed by atoms with Crippen LogP contribution in [0, 0.1) is 6.92 Å². The molecule has 0 saturated heterocycles. The van der Waals surface area contributed by atoms with Crippen LogP contribution >= 0.6 is 35.3 Å². The number of ether oxygens (including phenoxy) is 1. The molecule has 0 fully saturated rings. The third-order valence-corrected chi connectivity index (χ3v) is 3.84. The second kappa shape index (κ2) is 13.3. The van der Waals surface area contributed by atoms with Crippen LogP contribution in [0.4, 0.5) is 0 Å². The summed E-state index contributed by atoms with van der Waals surface area (Å²) in [6, 6.07) is 4.30. The molecule has 0 radical (unpaired) electrons. The minimum Gasteiger partial charge on any atom is -0.385 e. The Bertz CT molecular complexity index is 396. The summed E-state index contributed by atoms with van der Waals surface area (Å²) >= 11 is 1.81. The summed E-state index contributed by atoms with van der Waals surface area (Å²) in [5.74, 6) is 0.908. The number of nitrogens with one attached hydrogen (secondary N) is 2. The summed E-state index contributed by atoms with van der Waals surface area (Å²) in [6.45, 7) is 7.66. The number of nitrogens with zero attached hydrogens (tertiary/aromatic N) is 1. The van der Waals surface area contributed by atoms with E-state index in [0.29, 0.717) is 0 Å². The van der Waals surface area contributed by atoms with E-state index >= 15 is 0 Å². The van der Waals surface area contributed by atoms with Crippen LogP contribution in [0.2, 0.25) is 0 Å². The van der Waals surface area contributed by atoms with E-state index in [1.807, 2.05) is 11.3 Å². The number of halogens is 1. The third-order valence-electron chi connectivity index (χ3n) is 2.85. The van der Waals surface area contributed by atoms with Crippen molar-refractivity contribution in [1.82, 2.24) is 10.6 Å². The highest BCUT2D eigenvalue weighted by molar-refractivity contribution is 14.0. The molecule has 0 bridgehead atoms. The van der Waals surface area contributed by atoms with E-state index < -0.39 is 0 Å². The van der Waals surface area contributed by atoms with Crippen molar-refractivity contribution in [1.29, 1.82) is 0 Å². The van der Waals surface area contributed by atoms with Gasteiger partial charge in [0.15, 0.2) is 5.96 Å². The van der Waals surface area contributed by atoms with Crippen LogP contribution in [0.15, 0.2) is 17.1 Å². The topological polar surface area (TPSA) is 45.7 Å². The van der Waals surface area contributed by atoms with Crippen molar-refractivity contribution in [3.63, 3.8) is 0 Å². The first-order chi connectivity index (χ1) is 9.76. The molecule has 0 spiro atoms. The average molecular weight is 425 g/mol. The van der Waals surface area contributed by atoms with Gasteiger partial charge in [-0.1, -0.05) is 0 Å². The zero-order valence-corrected chi connectivity index (χ0v) is 16.4. The molecule has 1 heterocycles. The standard InChI is InChI=1S/C15H27N3OS.HI/c1-4-16-15(17-10-6-5-7-11-19-3)18-12-14-9-8-13(2)20-14;/h8-9H,4-7,10-12H2,1-3H3,(H2,16,17,18);1H. The number of hydrogen-bond acceptors (Lipinski definition) is 3. The Morgan fingerprint density at radius 3 is 2.67 bits per heavy atom. The van der Waals surface area contributed by atoms with Crippen LogP contribution in [0.25, 0.3) is 0 Å². The molecule has 0 amide bonds. The van der Waals surface area contributed by atoms with Gasteiger partial charge < -0.3 is 15.4 Å². The minimum atomic E-state index is 0. The van der Waals surface area contributed by atoms with Crippen LogP contribution in [0.5, 0.6) is 0 Å². The first-order valence-corrected chi connectivity index (χ1v) is 8.14. The molecule has 0 unspecified atom stereocenters. The van der Waals surface area contributed by atoms with E-state index in [9.17, 15) is 0 Å². The van der Waals surface area contributed by atoms with E-state index in [0.717, 1.165) is 45.0 Å². The average Bonchev–Trinajstić information content (AvgIpc) is 2.85. The Morgan fingerprint density at radius 1 is 1.24 bits per heavy atom. The molecular weight excluding hydrogens is 397 g/mol. The first kappa shape index (κ1) is 20.7. The Hall–Kier alpha value is -0.340. The van der Waals surface area contributed by atoms with Gasteiger partial charge in [0.05, 0.1) is 6.54 Å². The molecule has 1 aromatic rings. The van der Waals surface area contributed by atoms with E-state index in [-0.39, 0.29) is 24.0 Å². The molecule has 0 atom stereocenters. The number of guanidine groups is 1. The van der Waals surface area contributed by atoms with Crippen molar-refractivity contribution < 1.29 is 4.74 Å². The van der Waals surface area contributed by atoms with Gasteiger partial charge in [-0.25, -0.2) is 4.99 Å². The number of hydrogen-bond donors (Lipinski definition) is 2. The van der Waals surface area contributed by atoms with E-state index in [4.69, 9.17) is 4.74 Å². The first-order valence-electron chi connectivity index (χ1n) is 7.32. The van der Waals surface area contributed by atoms with E-state index in [1.54, 1.807) is 7.11 Å². The second-order valence-electron chi connectivity index (χ2n) is 4.69. The van der Waals surface area contributed by atoms with Gasteiger partial charge in [0.1, 0.15) is 0 Å². The van der Waals surface area contributed by atoms with Gasteiger partial charge >= 0.3 is 0 Å². The Kier molecular flexibility index (Phi) is 13.1. The lowest BCUT2D eigenvalue weighted by Crippen LogP contribution is -2.37. The highest BCUT2D eigenvalue weighted by Gasteiger charge is 1.99. The van der Waals surface area contributed by atoms with Crippen molar-refractivity contribution >= 4 is 41.3 Å². The van der Waals surface area contributed by atoms with Crippen molar-refractivity contribution in [2.45, 2.75) is 39.7 Å². The molecular formula is C15H28IN3OS. The van der Waals surface area contributed by atoms with Crippen molar-refractivity contribution in [2.75, 3.05) is 26.8 Å². The third kappa shape index (κ3) is 10.1. The van der Waals surface area contributed by atoms with E-state index in [2.05, 4.69) is 41.6 Å². The fourth-order valence-electron chi connectivity index (χ4n) is 1.82. The van der Waals surface area contributed by atoms with Crippen molar-refractivity contribution in [2.24, 2.45) is 4.99 Å². The molecule has 0 saturated carbocycles. The number of methoxy groups -OCH3 is 1. The molecule has 0 aromatic carbocycles.